The van der Waals surface area contributed by atoms with E-state index in [0.717, 1.165) is 28.6 Å². The number of ether oxygens (including phenoxy) is 2. The van der Waals surface area contributed by atoms with E-state index >= 15 is 0 Å². The fraction of sp³-hybridized carbons (Fsp3) is 0.348. The number of benzene rings is 2. The number of thiophene rings is 1. The quantitative estimate of drug-likeness (QED) is 0.375. The minimum Gasteiger partial charge on any atom is -0.494 e. The van der Waals surface area contributed by atoms with Crippen molar-refractivity contribution < 1.29 is 19.4 Å². The standard InChI is InChI=1S/C23H25BrO4S/c1-14-12-17(8-10-19(14)28-23(3,4)22(25)26)27-11-5-6-20-15(2)18-9-7-16(24)13-21(18)29-20/h7-10,12-13H,5-6,11H2,1-4H3,(H,25,26). The van der Waals surface area contributed by atoms with Gasteiger partial charge < -0.3 is 14.6 Å². The summed E-state index contributed by atoms with van der Waals surface area (Å²) < 4.78 is 13.9. The summed E-state index contributed by atoms with van der Waals surface area (Å²) >= 11 is 5.38. The molecule has 3 aromatic rings. The smallest absolute Gasteiger partial charge is 0.347 e. The van der Waals surface area contributed by atoms with Gasteiger partial charge in [0.1, 0.15) is 11.5 Å². The molecule has 0 unspecified atom stereocenters. The van der Waals surface area contributed by atoms with Gasteiger partial charge in [0.05, 0.1) is 6.61 Å². The van der Waals surface area contributed by atoms with Gasteiger partial charge in [-0.25, -0.2) is 4.79 Å². The normalized spacial score (nSPS) is 11.6. The molecule has 2 aromatic carbocycles. The van der Waals surface area contributed by atoms with Crippen LogP contribution in [-0.4, -0.2) is 23.3 Å². The minimum absolute atomic E-state index is 0.553. The number of carbonyl (C=O) groups is 1. The number of rotatable bonds is 8. The van der Waals surface area contributed by atoms with Crippen LogP contribution in [0.3, 0.4) is 0 Å². The highest BCUT2D eigenvalue weighted by atomic mass is 79.9. The van der Waals surface area contributed by atoms with E-state index in [-0.39, 0.29) is 0 Å². The molecule has 0 aliphatic carbocycles. The summed E-state index contributed by atoms with van der Waals surface area (Å²) in [6, 6.07) is 11.9. The third kappa shape index (κ3) is 5.11. The molecule has 0 atom stereocenters. The Balaban J connectivity index is 1.56. The molecule has 0 aliphatic heterocycles. The molecule has 0 saturated carbocycles. The van der Waals surface area contributed by atoms with Gasteiger partial charge in [0.2, 0.25) is 0 Å². The fourth-order valence-corrected chi connectivity index (χ4v) is 4.86. The van der Waals surface area contributed by atoms with Gasteiger partial charge in [0, 0.05) is 14.0 Å². The van der Waals surface area contributed by atoms with Gasteiger partial charge in [0.15, 0.2) is 5.60 Å². The van der Waals surface area contributed by atoms with Gasteiger partial charge in [-0.1, -0.05) is 22.0 Å². The van der Waals surface area contributed by atoms with Crippen molar-refractivity contribution in [2.45, 2.75) is 46.1 Å². The molecule has 0 bridgehead atoms. The summed E-state index contributed by atoms with van der Waals surface area (Å²) in [6.45, 7) is 7.77. The maximum atomic E-state index is 11.2. The van der Waals surface area contributed by atoms with Crippen LogP contribution in [0.2, 0.25) is 0 Å². The Bertz CT molecular complexity index is 1040. The zero-order valence-corrected chi connectivity index (χ0v) is 19.4. The summed E-state index contributed by atoms with van der Waals surface area (Å²) in [5, 5.41) is 10.5. The van der Waals surface area contributed by atoms with E-state index in [9.17, 15) is 9.90 Å². The number of fused-ring (bicyclic) bond motifs is 1. The third-order valence-corrected chi connectivity index (χ3v) is 6.65. The van der Waals surface area contributed by atoms with Gasteiger partial charge in [-0.3, -0.25) is 0 Å². The number of carboxylic acid groups (broad SMARTS) is 1. The average molecular weight is 477 g/mol. The predicted octanol–water partition coefficient (Wildman–Crippen LogP) is 6.53. The second kappa shape index (κ2) is 8.76. The van der Waals surface area contributed by atoms with Crippen LogP contribution in [0.1, 0.15) is 36.3 Å². The Morgan fingerprint density at radius 2 is 1.93 bits per heavy atom. The fourth-order valence-electron chi connectivity index (χ4n) is 3.06. The van der Waals surface area contributed by atoms with Crippen molar-refractivity contribution in [1.82, 2.24) is 0 Å². The molecule has 0 spiro atoms. The van der Waals surface area contributed by atoms with E-state index in [1.54, 1.807) is 6.07 Å². The molecule has 154 valence electrons. The molecule has 0 fully saturated rings. The van der Waals surface area contributed by atoms with Crippen LogP contribution < -0.4 is 9.47 Å². The van der Waals surface area contributed by atoms with E-state index in [2.05, 4.69) is 41.1 Å². The molecule has 0 saturated heterocycles. The summed E-state index contributed by atoms with van der Waals surface area (Å²) in [5.41, 5.74) is 0.934. The number of hydrogen-bond donors (Lipinski definition) is 1. The summed E-state index contributed by atoms with van der Waals surface area (Å²) in [7, 11) is 0. The minimum atomic E-state index is -1.27. The zero-order chi connectivity index (χ0) is 21.2. The first-order chi connectivity index (χ1) is 13.7. The van der Waals surface area contributed by atoms with Crippen molar-refractivity contribution in [3.63, 3.8) is 0 Å². The van der Waals surface area contributed by atoms with Crippen LogP contribution in [0.15, 0.2) is 40.9 Å². The maximum absolute atomic E-state index is 11.2. The van der Waals surface area contributed by atoms with E-state index in [1.165, 1.54) is 34.4 Å². The van der Waals surface area contributed by atoms with Gasteiger partial charge in [-0.15, -0.1) is 11.3 Å². The molecule has 1 N–H and O–H groups in total. The highest BCUT2D eigenvalue weighted by Gasteiger charge is 2.29. The molecule has 4 nitrogen and oxygen atoms in total. The Hall–Kier alpha value is -2.05. The SMILES string of the molecule is Cc1cc(OCCCc2sc3cc(Br)ccc3c2C)ccc1OC(C)(C)C(=O)O. The first-order valence-electron chi connectivity index (χ1n) is 9.51. The molecular formula is C23H25BrO4S. The van der Waals surface area contributed by atoms with Crippen LogP contribution in [-0.2, 0) is 11.2 Å². The summed E-state index contributed by atoms with van der Waals surface area (Å²) in [6.07, 6.45) is 1.91. The van der Waals surface area contributed by atoms with Crippen molar-refractivity contribution in [1.29, 1.82) is 0 Å². The number of halogens is 1. The molecule has 0 aliphatic rings. The monoisotopic (exact) mass is 476 g/mol. The molecule has 1 heterocycles. The number of aliphatic carboxylic acids is 1. The first-order valence-corrected chi connectivity index (χ1v) is 11.1. The van der Waals surface area contributed by atoms with Gasteiger partial charge >= 0.3 is 5.97 Å². The predicted molar refractivity (Wildman–Crippen MR) is 122 cm³/mol. The molecule has 3 rings (SSSR count). The molecular weight excluding hydrogens is 452 g/mol. The molecule has 1 aromatic heterocycles. The Morgan fingerprint density at radius 1 is 1.17 bits per heavy atom. The Labute approximate surface area is 183 Å². The highest BCUT2D eigenvalue weighted by molar-refractivity contribution is 9.10. The first kappa shape index (κ1) is 21.7. The van der Waals surface area contributed by atoms with Crippen LogP contribution >= 0.6 is 27.3 Å². The lowest BCUT2D eigenvalue weighted by Crippen LogP contribution is -2.38. The van der Waals surface area contributed by atoms with E-state index in [1.807, 2.05) is 30.4 Å². The van der Waals surface area contributed by atoms with Crippen molar-refractivity contribution in [3.05, 3.63) is 56.9 Å². The molecule has 6 heteroatoms. The summed E-state index contributed by atoms with van der Waals surface area (Å²) in [5.74, 6) is 0.318. The number of carboxylic acids is 1. The molecule has 29 heavy (non-hydrogen) atoms. The van der Waals surface area contributed by atoms with E-state index in [0.29, 0.717) is 12.4 Å². The second-order valence-electron chi connectivity index (χ2n) is 7.59. The van der Waals surface area contributed by atoms with E-state index in [4.69, 9.17) is 9.47 Å². The van der Waals surface area contributed by atoms with Crippen molar-refractivity contribution in [2.24, 2.45) is 0 Å². The largest absolute Gasteiger partial charge is 0.494 e. The Morgan fingerprint density at radius 3 is 2.62 bits per heavy atom. The van der Waals surface area contributed by atoms with Crippen LogP contribution in [0, 0.1) is 13.8 Å². The van der Waals surface area contributed by atoms with Crippen LogP contribution in [0.5, 0.6) is 11.5 Å². The van der Waals surface area contributed by atoms with Gasteiger partial charge in [0.25, 0.3) is 0 Å². The van der Waals surface area contributed by atoms with Crippen molar-refractivity contribution in [2.75, 3.05) is 6.61 Å². The average Bonchev–Trinajstić information content (AvgIpc) is 2.95. The lowest BCUT2D eigenvalue weighted by atomic mass is 10.1. The third-order valence-electron chi connectivity index (χ3n) is 4.84. The van der Waals surface area contributed by atoms with Crippen LogP contribution in [0.4, 0.5) is 0 Å². The lowest BCUT2D eigenvalue weighted by molar-refractivity contribution is -0.152. The second-order valence-corrected chi connectivity index (χ2v) is 9.64. The van der Waals surface area contributed by atoms with Gasteiger partial charge in [-0.05, 0) is 87.4 Å². The highest BCUT2D eigenvalue weighted by Crippen LogP contribution is 2.33. The Kier molecular flexibility index (Phi) is 6.54. The summed E-state index contributed by atoms with van der Waals surface area (Å²) in [4.78, 5) is 12.6. The van der Waals surface area contributed by atoms with Crippen molar-refractivity contribution >= 4 is 43.3 Å². The number of aryl methyl sites for hydroxylation is 3. The number of hydrogen-bond acceptors (Lipinski definition) is 4. The van der Waals surface area contributed by atoms with Gasteiger partial charge in [-0.2, -0.15) is 0 Å². The maximum Gasteiger partial charge on any atom is 0.347 e. The zero-order valence-electron chi connectivity index (χ0n) is 17.0. The molecule has 0 radical (unpaired) electrons. The molecule has 0 amide bonds. The van der Waals surface area contributed by atoms with E-state index < -0.39 is 11.6 Å². The lowest BCUT2D eigenvalue weighted by Gasteiger charge is -2.23. The topological polar surface area (TPSA) is 55.8 Å². The van der Waals surface area contributed by atoms with Crippen molar-refractivity contribution in [3.8, 4) is 11.5 Å². The van der Waals surface area contributed by atoms with Crippen LogP contribution in [0.25, 0.3) is 10.1 Å².